The highest BCUT2D eigenvalue weighted by molar-refractivity contribution is 5.44. The fourth-order valence-electron chi connectivity index (χ4n) is 2.21. The van der Waals surface area contributed by atoms with Crippen LogP contribution < -0.4 is 11.5 Å². The van der Waals surface area contributed by atoms with E-state index in [1.165, 1.54) is 0 Å². The number of anilines is 1. The van der Waals surface area contributed by atoms with Gasteiger partial charge in [-0.05, 0) is 29.8 Å². The number of benzene rings is 1. The number of nitrogen functional groups attached to an aromatic ring is 1. The average molecular weight is 246 g/mol. The van der Waals surface area contributed by atoms with Gasteiger partial charge >= 0.3 is 0 Å². The lowest BCUT2D eigenvalue weighted by Crippen LogP contribution is -2.40. The number of allylic oxidation sites excluding steroid dienone is 1. The van der Waals surface area contributed by atoms with Gasteiger partial charge in [0.05, 0.1) is 5.92 Å². The predicted molar refractivity (Wildman–Crippen MR) is 71.8 cm³/mol. The van der Waals surface area contributed by atoms with E-state index >= 15 is 0 Å². The zero-order valence-electron chi connectivity index (χ0n) is 10.6. The molecule has 1 atom stereocenters. The van der Waals surface area contributed by atoms with Gasteiger partial charge in [0.2, 0.25) is 0 Å². The van der Waals surface area contributed by atoms with Crippen LogP contribution in [0.2, 0.25) is 0 Å². The number of hydrogen-bond donors (Lipinski definition) is 2. The van der Waals surface area contributed by atoms with Gasteiger partial charge in [0.15, 0.2) is 5.79 Å². The molecule has 0 aromatic heterocycles. The second kappa shape index (κ2) is 4.84. The maximum absolute atomic E-state index is 5.82. The first-order valence-corrected chi connectivity index (χ1v) is 5.73. The van der Waals surface area contributed by atoms with Crippen LogP contribution in [0.25, 0.3) is 0 Å². The monoisotopic (exact) mass is 246 g/mol. The molecule has 0 amide bonds. The molecule has 0 fully saturated rings. The van der Waals surface area contributed by atoms with Crippen LogP contribution in [0.3, 0.4) is 0 Å². The summed E-state index contributed by atoms with van der Waals surface area (Å²) in [6.07, 6.45) is 5.62. The van der Waals surface area contributed by atoms with E-state index in [1.807, 2.05) is 36.4 Å². The first-order chi connectivity index (χ1) is 8.61. The summed E-state index contributed by atoms with van der Waals surface area (Å²) in [4.78, 5) is 0. The molecule has 4 nitrogen and oxygen atoms in total. The number of nitrogens with two attached hydrogens (primary N) is 2. The molecular weight excluding hydrogens is 228 g/mol. The van der Waals surface area contributed by atoms with Gasteiger partial charge in [-0.1, -0.05) is 18.2 Å². The van der Waals surface area contributed by atoms with E-state index in [0.717, 1.165) is 11.3 Å². The molecule has 1 aliphatic rings. The molecule has 4 N–H and O–H groups in total. The molecule has 0 saturated carbocycles. The third kappa shape index (κ3) is 2.12. The molecule has 0 spiro atoms. The van der Waals surface area contributed by atoms with Crippen molar-refractivity contribution in [1.29, 1.82) is 0 Å². The Morgan fingerprint density at radius 2 is 1.67 bits per heavy atom. The van der Waals surface area contributed by atoms with Crippen LogP contribution in [-0.2, 0) is 9.47 Å². The number of rotatable bonds is 3. The minimum Gasteiger partial charge on any atom is -0.399 e. The van der Waals surface area contributed by atoms with Crippen molar-refractivity contribution in [2.24, 2.45) is 5.73 Å². The van der Waals surface area contributed by atoms with Gasteiger partial charge < -0.3 is 20.9 Å². The molecule has 2 rings (SSSR count). The highest BCUT2D eigenvalue weighted by Gasteiger charge is 2.39. The first kappa shape index (κ1) is 12.7. The summed E-state index contributed by atoms with van der Waals surface area (Å²) in [7, 11) is 3.22. The summed E-state index contributed by atoms with van der Waals surface area (Å²) in [5.74, 6) is -0.921. The third-order valence-electron chi connectivity index (χ3n) is 3.22. The minimum atomic E-state index is -0.866. The maximum Gasteiger partial charge on any atom is 0.200 e. The molecule has 0 aliphatic heterocycles. The van der Waals surface area contributed by atoms with Crippen LogP contribution in [0.1, 0.15) is 11.5 Å². The zero-order valence-corrected chi connectivity index (χ0v) is 10.6. The third-order valence-corrected chi connectivity index (χ3v) is 3.22. The second-order valence-electron chi connectivity index (χ2n) is 4.28. The Hall–Kier alpha value is -1.78. The lowest BCUT2D eigenvalue weighted by atomic mass is 9.86. The molecule has 1 unspecified atom stereocenters. The highest BCUT2D eigenvalue weighted by atomic mass is 16.7. The van der Waals surface area contributed by atoms with Gasteiger partial charge in [0, 0.05) is 25.6 Å². The van der Waals surface area contributed by atoms with Gasteiger partial charge in [-0.3, -0.25) is 0 Å². The molecule has 18 heavy (non-hydrogen) atoms. The lowest BCUT2D eigenvalue weighted by Gasteiger charge is -2.36. The van der Waals surface area contributed by atoms with Crippen molar-refractivity contribution in [3.8, 4) is 0 Å². The second-order valence-corrected chi connectivity index (χ2v) is 4.28. The number of ether oxygens (including phenoxy) is 2. The van der Waals surface area contributed by atoms with Crippen LogP contribution in [-0.4, -0.2) is 20.0 Å². The van der Waals surface area contributed by atoms with Crippen molar-refractivity contribution in [1.82, 2.24) is 0 Å². The molecule has 4 heteroatoms. The fraction of sp³-hybridized carbons (Fsp3) is 0.286. The van der Waals surface area contributed by atoms with E-state index in [9.17, 15) is 0 Å². The van der Waals surface area contributed by atoms with E-state index in [-0.39, 0.29) is 5.92 Å². The standard InChI is InChI=1S/C14H18N2O2/c1-17-14(18-2)9-12(16)7-8-13(14)10-3-5-11(15)6-4-10/h3-9,13H,15-16H2,1-2H3. The van der Waals surface area contributed by atoms with Crippen molar-refractivity contribution < 1.29 is 9.47 Å². The van der Waals surface area contributed by atoms with E-state index in [2.05, 4.69) is 0 Å². The predicted octanol–water partition coefficient (Wildman–Crippen LogP) is 1.75. The molecule has 0 heterocycles. The Bertz CT molecular complexity index is 473. The Morgan fingerprint density at radius 3 is 2.22 bits per heavy atom. The van der Waals surface area contributed by atoms with E-state index in [1.54, 1.807) is 20.3 Å². The van der Waals surface area contributed by atoms with Crippen molar-refractivity contribution in [3.05, 3.63) is 53.8 Å². The van der Waals surface area contributed by atoms with Gasteiger partial charge in [0.25, 0.3) is 0 Å². The SMILES string of the molecule is COC1(OC)C=C(N)C=CC1c1ccc(N)cc1. The quantitative estimate of drug-likeness (QED) is 0.629. The van der Waals surface area contributed by atoms with Crippen LogP contribution >= 0.6 is 0 Å². The van der Waals surface area contributed by atoms with Crippen molar-refractivity contribution in [2.75, 3.05) is 20.0 Å². The smallest absolute Gasteiger partial charge is 0.200 e. The van der Waals surface area contributed by atoms with Crippen LogP contribution in [0, 0.1) is 0 Å². The topological polar surface area (TPSA) is 70.5 Å². The van der Waals surface area contributed by atoms with Crippen molar-refractivity contribution in [3.63, 3.8) is 0 Å². The Kier molecular flexibility index (Phi) is 3.41. The van der Waals surface area contributed by atoms with Gasteiger partial charge in [0.1, 0.15) is 0 Å². The molecule has 1 aromatic carbocycles. The van der Waals surface area contributed by atoms with Crippen LogP contribution in [0.5, 0.6) is 0 Å². The molecule has 1 aliphatic carbocycles. The fourth-order valence-corrected chi connectivity index (χ4v) is 2.21. The van der Waals surface area contributed by atoms with Gasteiger partial charge in [-0.15, -0.1) is 0 Å². The lowest BCUT2D eigenvalue weighted by molar-refractivity contribution is -0.179. The average Bonchev–Trinajstić information content (AvgIpc) is 2.39. The summed E-state index contributed by atoms with van der Waals surface area (Å²) < 4.78 is 11.1. The van der Waals surface area contributed by atoms with Crippen LogP contribution in [0.4, 0.5) is 5.69 Å². The van der Waals surface area contributed by atoms with Crippen molar-refractivity contribution in [2.45, 2.75) is 11.7 Å². The van der Waals surface area contributed by atoms with E-state index in [4.69, 9.17) is 20.9 Å². The summed E-state index contributed by atoms with van der Waals surface area (Å²) in [6.45, 7) is 0. The van der Waals surface area contributed by atoms with Gasteiger partial charge in [-0.25, -0.2) is 0 Å². The van der Waals surface area contributed by atoms with E-state index in [0.29, 0.717) is 5.70 Å². The normalized spacial score (nSPS) is 21.7. The molecule has 96 valence electrons. The summed E-state index contributed by atoms with van der Waals surface area (Å²) >= 11 is 0. The zero-order chi connectivity index (χ0) is 13.2. The molecule has 0 saturated heterocycles. The Morgan fingerprint density at radius 1 is 1.06 bits per heavy atom. The highest BCUT2D eigenvalue weighted by Crippen LogP contribution is 2.37. The summed E-state index contributed by atoms with van der Waals surface area (Å²) in [5, 5.41) is 0. The number of hydrogen-bond acceptors (Lipinski definition) is 4. The van der Waals surface area contributed by atoms with Crippen molar-refractivity contribution >= 4 is 5.69 Å². The van der Waals surface area contributed by atoms with Crippen LogP contribution in [0.15, 0.2) is 48.2 Å². The maximum atomic E-state index is 5.82. The summed E-state index contributed by atoms with van der Waals surface area (Å²) in [6, 6.07) is 7.65. The first-order valence-electron chi connectivity index (χ1n) is 5.73. The molecule has 0 bridgehead atoms. The van der Waals surface area contributed by atoms with Gasteiger partial charge in [-0.2, -0.15) is 0 Å². The Labute approximate surface area is 107 Å². The molecular formula is C14H18N2O2. The number of methoxy groups -OCH3 is 2. The minimum absolute atomic E-state index is 0.0552. The molecule has 0 radical (unpaired) electrons. The summed E-state index contributed by atoms with van der Waals surface area (Å²) in [5.41, 5.74) is 13.9. The Balaban J connectivity index is 2.42. The molecule has 1 aromatic rings. The largest absolute Gasteiger partial charge is 0.399 e. The van der Waals surface area contributed by atoms with E-state index < -0.39 is 5.79 Å².